The van der Waals surface area contributed by atoms with Gasteiger partial charge in [0.25, 0.3) is 11.6 Å². The van der Waals surface area contributed by atoms with Gasteiger partial charge in [-0.15, -0.1) is 0 Å². The topological polar surface area (TPSA) is 142 Å². The van der Waals surface area contributed by atoms with Crippen molar-refractivity contribution in [3.8, 4) is 0 Å². The highest BCUT2D eigenvalue weighted by Gasteiger charge is 2.39. The average Bonchev–Trinajstić information content (AvgIpc) is 3.00. The molecule has 0 saturated heterocycles. The number of aryl methyl sites for hydroxylation is 1. The first-order valence-corrected chi connectivity index (χ1v) is 13.9. The summed E-state index contributed by atoms with van der Waals surface area (Å²) in [6.07, 6.45) is 5.82. The normalized spacial score (nSPS) is 13.7. The molecule has 3 aromatic carbocycles. The fraction of sp³-hybridized carbons (Fsp3) is 0.323. The zero-order valence-electron chi connectivity index (χ0n) is 23.5. The number of urea groups is 1. The molecule has 1 fully saturated rings. The zero-order chi connectivity index (χ0) is 31.1. The van der Waals surface area contributed by atoms with E-state index in [9.17, 15) is 33.3 Å². The van der Waals surface area contributed by atoms with E-state index >= 15 is 0 Å². The molecule has 1 saturated carbocycles. The molecule has 0 radical (unpaired) electrons. The SMILES string of the molecule is Cc1ccc(NC(=O)N(Cc2ccc(C(=O)NCC(F)(F)C(=O)O)cc2)c2ccc(C3CCCCC3)cc2)cc1[N+](=O)[O-]. The van der Waals surface area contributed by atoms with Crippen LogP contribution >= 0.6 is 0 Å². The summed E-state index contributed by atoms with van der Waals surface area (Å²) in [7, 11) is 0. The van der Waals surface area contributed by atoms with Gasteiger partial charge in [0.2, 0.25) is 0 Å². The van der Waals surface area contributed by atoms with Crippen molar-refractivity contribution in [3.63, 3.8) is 0 Å². The maximum absolute atomic E-state index is 13.5. The lowest BCUT2D eigenvalue weighted by atomic mass is 9.84. The van der Waals surface area contributed by atoms with Crippen molar-refractivity contribution < 1.29 is 33.2 Å². The second kappa shape index (κ2) is 13.4. The van der Waals surface area contributed by atoms with E-state index < -0.39 is 35.3 Å². The number of anilines is 2. The predicted octanol–water partition coefficient (Wildman–Crippen LogP) is 6.64. The number of rotatable bonds is 10. The van der Waals surface area contributed by atoms with Gasteiger partial charge in [-0.2, -0.15) is 8.78 Å². The molecule has 0 aliphatic heterocycles. The van der Waals surface area contributed by atoms with Crippen LogP contribution in [0.15, 0.2) is 66.7 Å². The Labute approximate surface area is 246 Å². The van der Waals surface area contributed by atoms with Gasteiger partial charge in [-0.1, -0.05) is 49.6 Å². The van der Waals surface area contributed by atoms with E-state index in [0.29, 0.717) is 22.7 Å². The Morgan fingerprint density at radius 2 is 1.65 bits per heavy atom. The minimum Gasteiger partial charge on any atom is -0.477 e. The minimum atomic E-state index is -4.10. The molecule has 0 aromatic heterocycles. The summed E-state index contributed by atoms with van der Waals surface area (Å²) in [4.78, 5) is 48.8. The number of nitrogens with one attached hydrogen (secondary N) is 2. The zero-order valence-corrected chi connectivity index (χ0v) is 23.5. The second-order valence-corrected chi connectivity index (χ2v) is 10.6. The summed E-state index contributed by atoms with van der Waals surface area (Å²) in [6.45, 7) is 0.304. The van der Waals surface area contributed by atoms with Crippen LogP contribution in [0.3, 0.4) is 0 Å². The Bertz CT molecular complexity index is 1490. The Balaban J connectivity index is 1.55. The number of alkyl halides is 2. The maximum Gasteiger partial charge on any atom is 0.376 e. The summed E-state index contributed by atoms with van der Waals surface area (Å²) >= 11 is 0. The first-order valence-electron chi connectivity index (χ1n) is 13.9. The predicted molar refractivity (Wildman–Crippen MR) is 157 cm³/mol. The molecule has 12 heteroatoms. The molecule has 3 amide bonds. The fourth-order valence-electron chi connectivity index (χ4n) is 5.03. The van der Waals surface area contributed by atoms with Crippen molar-refractivity contribution in [1.82, 2.24) is 5.32 Å². The molecule has 4 rings (SSSR count). The van der Waals surface area contributed by atoms with Gasteiger partial charge < -0.3 is 15.7 Å². The molecule has 0 spiro atoms. The van der Waals surface area contributed by atoms with Crippen molar-refractivity contribution in [2.45, 2.75) is 57.4 Å². The number of carboxylic acid groups (broad SMARTS) is 1. The number of benzene rings is 3. The van der Waals surface area contributed by atoms with Crippen LogP contribution in [0.4, 0.5) is 30.6 Å². The van der Waals surface area contributed by atoms with Crippen molar-refractivity contribution in [1.29, 1.82) is 0 Å². The molecule has 1 aliphatic carbocycles. The third kappa shape index (κ3) is 7.91. The van der Waals surface area contributed by atoms with Gasteiger partial charge in [0.15, 0.2) is 0 Å². The van der Waals surface area contributed by atoms with E-state index in [1.165, 1.54) is 47.9 Å². The second-order valence-electron chi connectivity index (χ2n) is 10.6. The minimum absolute atomic E-state index is 0.0322. The van der Waals surface area contributed by atoms with Crippen LogP contribution in [0.2, 0.25) is 0 Å². The Morgan fingerprint density at radius 1 is 1.00 bits per heavy atom. The van der Waals surface area contributed by atoms with Gasteiger partial charge in [0.05, 0.1) is 18.0 Å². The van der Waals surface area contributed by atoms with Crippen LogP contribution in [0.5, 0.6) is 0 Å². The van der Waals surface area contributed by atoms with Gasteiger partial charge >= 0.3 is 17.9 Å². The Morgan fingerprint density at radius 3 is 2.26 bits per heavy atom. The van der Waals surface area contributed by atoms with E-state index in [1.807, 2.05) is 29.6 Å². The van der Waals surface area contributed by atoms with Crippen LogP contribution in [-0.2, 0) is 11.3 Å². The van der Waals surface area contributed by atoms with Crippen LogP contribution in [0.1, 0.15) is 65.1 Å². The number of nitro benzene ring substituents is 1. The van der Waals surface area contributed by atoms with E-state index in [0.717, 1.165) is 12.8 Å². The van der Waals surface area contributed by atoms with Crippen molar-refractivity contribution in [3.05, 3.63) is 99.1 Å². The highest BCUT2D eigenvalue weighted by Crippen LogP contribution is 2.34. The number of carbonyl (C=O) groups excluding carboxylic acids is 2. The van der Waals surface area contributed by atoms with Crippen LogP contribution in [0.25, 0.3) is 0 Å². The summed E-state index contributed by atoms with van der Waals surface area (Å²) in [5.74, 6) is -6.85. The Kier molecular flexibility index (Phi) is 9.69. The largest absolute Gasteiger partial charge is 0.477 e. The number of halogens is 2. The molecule has 3 N–H and O–H groups in total. The first-order chi connectivity index (χ1) is 20.4. The number of aliphatic carboxylic acids is 1. The van der Waals surface area contributed by atoms with Crippen LogP contribution in [-0.4, -0.2) is 40.4 Å². The molecule has 0 unspecified atom stereocenters. The third-order valence-corrected chi connectivity index (χ3v) is 7.52. The number of hydrogen-bond donors (Lipinski definition) is 3. The lowest BCUT2D eigenvalue weighted by Gasteiger charge is -2.26. The van der Waals surface area contributed by atoms with Crippen molar-refractivity contribution in [2.24, 2.45) is 0 Å². The van der Waals surface area contributed by atoms with Gasteiger partial charge in [-0.3, -0.25) is 19.8 Å². The molecule has 0 atom stereocenters. The quantitative estimate of drug-likeness (QED) is 0.177. The molecule has 0 bridgehead atoms. The molecular weight excluding hydrogens is 562 g/mol. The van der Waals surface area contributed by atoms with E-state index in [4.69, 9.17) is 5.11 Å². The van der Waals surface area contributed by atoms with Crippen molar-refractivity contribution >= 4 is 35.0 Å². The van der Waals surface area contributed by atoms with Gasteiger partial charge in [0.1, 0.15) is 0 Å². The number of nitro groups is 1. The first kappa shape index (κ1) is 31.1. The lowest BCUT2D eigenvalue weighted by Crippen LogP contribution is -2.42. The molecule has 10 nitrogen and oxygen atoms in total. The van der Waals surface area contributed by atoms with Crippen molar-refractivity contribution in [2.75, 3.05) is 16.8 Å². The highest BCUT2D eigenvalue weighted by atomic mass is 19.3. The summed E-state index contributed by atoms with van der Waals surface area (Å²) in [5, 5.41) is 24.6. The number of amides is 3. The summed E-state index contributed by atoms with van der Waals surface area (Å²) in [6, 6.07) is 17.5. The average molecular weight is 595 g/mol. The van der Waals surface area contributed by atoms with Gasteiger partial charge in [-0.05, 0) is 67.1 Å². The van der Waals surface area contributed by atoms with Gasteiger partial charge in [-0.25, -0.2) is 9.59 Å². The summed E-state index contributed by atoms with van der Waals surface area (Å²) in [5.41, 5.74) is 2.98. The number of carboxylic acids is 1. The van der Waals surface area contributed by atoms with Gasteiger partial charge in [0, 0.05) is 28.6 Å². The molecule has 43 heavy (non-hydrogen) atoms. The van der Waals surface area contributed by atoms with E-state index in [1.54, 1.807) is 31.2 Å². The lowest BCUT2D eigenvalue weighted by molar-refractivity contribution is -0.385. The third-order valence-electron chi connectivity index (χ3n) is 7.52. The molecule has 3 aromatic rings. The van der Waals surface area contributed by atoms with E-state index in [2.05, 4.69) is 5.32 Å². The number of nitrogens with zero attached hydrogens (tertiary/aromatic N) is 2. The standard InChI is InChI=1S/C31H32F2N4O6/c1-20-7-14-25(17-27(20)37(42)43)35-30(41)36(26-15-12-23(13-16-26)22-5-3-2-4-6-22)18-21-8-10-24(11-9-21)28(38)34-19-31(32,33)29(39)40/h7-17,22H,2-6,18-19H2,1H3,(H,34,38)(H,35,41)(H,39,40). The molecule has 0 heterocycles. The maximum atomic E-state index is 13.5. The number of hydrogen-bond acceptors (Lipinski definition) is 5. The molecule has 226 valence electrons. The Hall–Kier alpha value is -4.87. The monoisotopic (exact) mass is 594 g/mol. The number of carbonyl (C=O) groups is 3. The molecular formula is C31H32F2N4O6. The smallest absolute Gasteiger partial charge is 0.376 e. The van der Waals surface area contributed by atoms with Crippen LogP contribution in [0, 0.1) is 17.0 Å². The van der Waals surface area contributed by atoms with Crippen LogP contribution < -0.4 is 15.5 Å². The summed E-state index contributed by atoms with van der Waals surface area (Å²) < 4.78 is 26.7. The van der Waals surface area contributed by atoms with E-state index in [-0.39, 0.29) is 23.5 Å². The molecule has 1 aliphatic rings. The fourth-order valence-corrected chi connectivity index (χ4v) is 5.03. The highest BCUT2D eigenvalue weighted by molar-refractivity contribution is 6.02.